The van der Waals surface area contributed by atoms with E-state index in [9.17, 15) is 4.21 Å². The molecule has 19 heavy (non-hydrogen) atoms. The Morgan fingerprint density at radius 3 is 2.42 bits per heavy atom. The fourth-order valence-corrected chi connectivity index (χ4v) is 2.31. The lowest BCUT2D eigenvalue weighted by molar-refractivity contribution is 0.650. The molecule has 0 spiro atoms. The van der Waals surface area contributed by atoms with Crippen molar-refractivity contribution < 1.29 is 4.21 Å². The van der Waals surface area contributed by atoms with Crippen LogP contribution < -0.4 is 0 Å². The Hall–Kier alpha value is -0.380. The van der Waals surface area contributed by atoms with Crippen molar-refractivity contribution in [2.24, 2.45) is 4.40 Å². The number of aryl methyl sites for hydroxylation is 1. The van der Waals surface area contributed by atoms with E-state index in [-0.39, 0.29) is 4.75 Å². The average molecular weight is 320 g/mol. The summed E-state index contributed by atoms with van der Waals surface area (Å²) in [4.78, 5) is 0. The topological polar surface area (TPSA) is 29.4 Å². The van der Waals surface area contributed by atoms with Gasteiger partial charge in [0.25, 0.3) is 0 Å². The highest BCUT2D eigenvalue weighted by atomic mass is 35.5. The van der Waals surface area contributed by atoms with E-state index < -0.39 is 11.0 Å². The molecule has 0 aliphatic rings. The van der Waals surface area contributed by atoms with Gasteiger partial charge in [0.15, 0.2) is 0 Å². The highest BCUT2D eigenvalue weighted by Gasteiger charge is 2.18. The Morgan fingerprint density at radius 2 is 1.89 bits per heavy atom. The van der Waals surface area contributed by atoms with Crippen LogP contribution in [0.2, 0.25) is 10.0 Å². The van der Waals surface area contributed by atoms with E-state index >= 15 is 0 Å². The van der Waals surface area contributed by atoms with E-state index in [1.165, 1.54) is 0 Å². The molecule has 0 unspecified atom stereocenters. The predicted octanol–water partition coefficient (Wildman–Crippen LogP) is 4.85. The van der Waals surface area contributed by atoms with Gasteiger partial charge in [-0.05, 0) is 58.2 Å². The summed E-state index contributed by atoms with van der Waals surface area (Å²) in [6.45, 7) is 7.65. The lowest BCUT2D eigenvalue weighted by Gasteiger charge is -2.14. The van der Waals surface area contributed by atoms with E-state index in [1.54, 1.807) is 6.07 Å². The molecule has 0 amide bonds. The molecule has 2 nitrogen and oxygen atoms in total. The van der Waals surface area contributed by atoms with Crippen LogP contribution in [-0.2, 0) is 17.4 Å². The fraction of sp³-hybridized carbons (Fsp3) is 0.500. The first-order valence-corrected chi connectivity index (χ1v) is 7.96. The maximum Gasteiger partial charge on any atom is 0.144 e. The van der Waals surface area contributed by atoms with Crippen molar-refractivity contribution in [1.29, 1.82) is 0 Å². The molecule has 0 aliphatic carbocycles. The first kappa shape index (κ1) is 16.7. The Bertz CT molecular complexity index is 507. The second-order valence-electron chi connectivity index (χ2n) is 5.44. The minimum absolute atomic E-state index is 0.315. The Morgan fingerprint density at radius 1 is 1.26 bits per heavy atom. The van der Waals surface area contributed by atoms with Gasteiger partial charge >= 0.3 is 0 Å². The zero-order valence-electron chi connectivity index (χ0n) is 11.7. The average Bonchev–Trinajstić information content (AvgIpc) is 2.29. The summed E-state index contributed by atoms with van der Waals surface area (Å²) in [6.07, 6.45) is 1.58. The molecule has 0 saturated heterocycles. The van der Waals surface area contributed by atoms with Crippen LogP contribution in [0, 0.1) is 0 Å². The van der Waals surface area contributed by atoms with Gasteiger partial charge < -0.3 is 0 Å². The molecule has 5 heteroatoms. The molecule has 0 aliphatic heterocycles. The van der Waals surface area contributed by atoms with Crippen molar-refractivity contribution in [2.75, 3.05) is 0 Å². The maximum atomic E-state index is 11.9. The summed E-state index contributed by atoms with van der Waals surface area (Å²) < 4.78 is 15.8. The number of benzene rings is 1. The number of rotatable bonds is 4. The zero-order valence-corrected chi connectivity index (χ0v) is 14.0. The summed E-state index contributed by atoms with van der Waals surface area (Å²) in [5.41, 5.74) is 1.99. The molecule has 0 bridgehead atoms. The molecule has 1 atom stereocenters. The van der Waals surface area contributed by atoms with Crippen molar-refractivity contribution in [3.63, 3.8) is 0 Å². The lowest BCUT2D eigenvalue weighted by atomic mass is 10.1. The number of hydrogen-bond acceptors (Lipinski definition) is 1. The van der Waals surface area contributed by atoms with Crippen molar-refractivity contribution in [3.8, 4) is 0 Å². The van der Waals surface area contributed by atoms with Gasteiger partial charge in [-0.2, -0.15) is 4.40 Å². The van der Waals surface area contributed by atoms with Gasteiger partial charge in [0.05, 0.1) is 14.8 Å². The fourth-order valence-electron chi connectivity index (χ4n) is 1.34. The minimum atomic E-state index is -1.19. The zero-order chi connectivity index (χ0) is 14.6. The molecule has 0 heterocycles. The first-order chi connectivity index (χ1) is 8.70. The predicted molar refractivity (Wildman–Crippen MR) is 85.8 cm³/mol. The van der Waals surface area contributed by atoms with Crippen molar-refractivity contribution in [2.45, 2.75) is 45.3 Å². The van der Waals surface area contributed by atoms with Gasteiger partial charge in [-0.15, -0.1) is 0 Å². The van der Waals surface area contributed by atoms with Crippen LogP contribution in [-0.4, -0.2) is 14.7 Å². The second-order valence-corrected chi connectivity index (χ2v) is 8.16. The molecule has 0 fully saturated rings. The van der Waals surface area contributed by atoms with E-state index in [1.807, 2.05) is 39.8 Å². The smallest absolute Gasteiger partial charge is 0.144 e. The largest absolute Gasteiger partial charge is 0.234 e. The number of halogens is 2. The molecular weight excluding hydrogens is 301 g/mol. The molecule has 0 saturated carbocycles. The molecule has 1 aromatic carbocycles. The monoisotopic (exact) mass is 319 g/mol. The summed E-state index contributed by atoms with van der Waals surface area (Å²) in [6, 6.07) is 5.60. The Balaban J connectivity index is 2.64. The van der Waals surface area contributed by atoms with Crippen molar-refractivity contribution >= 4 is 39.9 Å². The van der Waals surface area contributed by atoms with E-state index in [4.69, 9.17) is 23.2 Å². The van der Waals surface area contributed by atoms with E-state index in [0.29, 0.717) is 10.0 Å². The van der Waals surface area contributed by atoms with Gasteiger partial charge in [-0.1, -0.05) is 29.3 Å². The Kier molecular flexibility index (Phi) is 6.03. The molecular formula is C14H19Cl2NOS. The maximum absolute atomic E-state index is 11.9. The van der Waals surface area contributed by atoms with Crippen LogP contribution in [0.4, 0.5) is 0 Å². The third-order valence-electron chi connectivity index (χ3n) is 2.52. The van der Waals surface area contributed by atoms with E-state index in [2.05, 4.69) is 4.40 Å². The van der Waals surface area contributed by atoms with Crippen LogP contribution in [0.25, 0.3) is 0 Å². The van der Waals surface area contributed by atoms with Crippen LogP contribution in [0.15, 0.2) is 22.6 Å². The highest BCUT2D eigenvalue weighted by Crippen LogP contribution is 2.23. The standard InChI is InChI=1S/C14H19Cl2NOS/c1-10(17-19(18)14(2,3)4)5-6-11-7-8-12(15)13(16)9-11/h7-9H,5-6H2,1-4H3/t19-/m1/s1. The SMILES string of the molecule is CC(CCc1ccc(Cl)c(Cl)c1)=N[S@](=O)C(C)(C)C. The van der Waals surface area contributed by atoms with E-state index in [0.717, 1.165) is 24.1 Å². The van der Waals surface area contributed by atoms with Gasteiger partial charge in [0.1, 0.15) is 11.0 Å². The van der Waals surface area contributed by atoms with Crippen LogP contribution in [0.3, 0.4) is 0 Å². The summed E-state index contributed by atoms with van der Waals surface area (Å²) in [5, 5.41) is 1.12. The van der Waals surface area contributed by atoms with Crippen molar-refractivity contribution in [3.05, 3.63) is 33.8 Å². The van der Waals surface area contributed by atoms with Crippen LogP contribution >= 0.6 is 23.2 Å². The second kappa shape index (κ2) is 6.87. The van der Waals surface area contributed by atoms with Crippen LogP contribution in [0.5, 0.6) is 0 Å². The molecule has 0 aromatic heterocycles. The minimum Gasteiger partial charge on any atom is -0.234 e. The molecule has 0 N–H and O–H groups in total. The molecule has 1 rings (SSSR count). The quantitative estimate of drug-likeness (QED) is 0.729. The summed E-state index contributed by atoms with van der Waals surface area (Å²) >= 11 is 11.8. The van der Waals surface area contributed by atoms with Gasteiger partial charge in [-0.3, -0.25) is 0 Å². The number of hydrogen-bond donors (Lipinski definition) is 0. The molecule has 0 radical (unpaired) electrons. The van der Waals surface area contributed by atoms with Gasteiger partial charge in [-0.25, -0.2) is 4.21 Å². The van der Waals surface area contributed by atoms with Gasteiger partial charge in [0, 0.05) is 5.71 Å². The van der Waals surface area contributed by atoms with Crippen molar-refractivity contribution in [1.82, 2.24) is 0 Å². The lowest BCUT2D eigenvalue weighted by Crippen LogP contribution is -2.20. The third kappa shape index (κ3) is 5.64. The summed E-state index contributed by atoms with van der Waals surface area (Å²) in [7, 11) is -1.19. The third-order valence-corrected chi connectivity index (χ3v) is 4.79. The molecule has 1 aromatic rings. The highest BCUT2D eigenvalue weighted by molar-refractivity contribution is 7.85. The normalized spacial score (nSPS) is 14.5. The van der Waals surface area contributed by atoms with Gasteiger partial charge in [0.2, 0.25) is 0 Å². The Labute approximate surface area is 127 Å². The summed E-state index contributed by atoms with van der Waals surface area (Å²) in [5.74, 6) is 0. The van der Waals surface area contributed by atoms with Crippen LogP contribution in [0.1, 0.15) is 39.7 Å². The number of nitrogens with zero attached hydrogens (tertiary/aromatic N) is 1. The molecule has 106 valence electrons. The first-order valence-electron chi connectivity index (χ1n) is 6.10.